The summed E-state index contributed by atoms with van der Waals surface area (Å²) in [5, 5.41) is 19.9. The summed E-state index contributed by atoms with van der Waals surface area (Å²) < 4.78 is 4.94. The Hall–Kier alpha value is -1.73. The molecule has 14 heavy (non-hydrogen) atoms. The molecule has 1 aromatic rings. The fourth-order valence-electron chi connectivity index (χ4n) is 0.981. The van der Waals surface area contributed by atoms with Gasteiger partial charge in [-0.2, -0.15) is 5.26 Å². The van der Waals surface area contributed by atoms with E-state index < -0.39 is 0 Å². The molecule has 0 aliphatic heterocycles. The highest BCUT2D eigenvalue weighted by Gasteiger charge is 2.06. The molecule has 0 spiro atoms. The maximum atomic E-state index is 8.75. The molecule has 0 saturated carbocycles. The van der Waals surface area contributed by atoms with Gasteiger partial charge in [-0.3, -0.25) is 0 Å². The highest BCUT2D eigenvalue weighted by molar-refractivity contribution is 6.69. The largest absolute Gasteiger partial charge is 0.495 e. The van der Waals surface area contributed by atoms with Crippen LogP contribution in [0.2, 0.25) is 0 Å². The minimum absolute atomic E-state index is 0.0656. The maximum absolute atomic E-state index is 8.75. The molecule has 0 aromatic heterocycles. The van der Waals surface area contributed by atoms with Crippen LogP contribution in [0.4, 0.5) is 0 Å². The summed E-state index contributed by atoms with van der Waals surface area (Å²) in [5.41, 5.74) is 0.804. The second-order valence-electron chi connectivity index (χ2n) is 2.42. The molecule has 0 bridgehead atoms. The van der Waals surface area contributed by atoms with Crippen molar-refractivity contribution in [3.05, 3.63) is 29.3 Å². The quantitative estimate of drug-likeness (QED) is 0.461. The molecule has 1 rings (SSSR count). The van der Waals surface area contributed by atoms with Gasteiger partial charge in [-0.15, -0.1) is 0 Å². The van der Waals surface area contributed by atoms with Crippen LogP contribution >= 0.6 is 11.6 Å². The first-order valence-electron chi connectivity index (χ1n) is 3.69. The van der Waals surface area contributed by atoms with Crippen LogP contribution in [0.25, 0.3) is 0 Å². The van der Waals surface area contributed by atoms with Crippen LogP contribution in [0.1, 0.15) is 11.1 Å². The third kappa shape index (κ3) is 1.95. The Morgan fingerprint density at radius 2 is 2.36 bits per heavy atom. The van der Waals surface area contributed by atoms with Gasteiger partial charge in [0.25, 0.3) is 0 Å². The lowest BCUT2D eigenvalue weighted by molar-refractivity contribution is 0.321. The third-order valence-corrected chi connectivity index (χ3v) is 1.94. The van der Waals surface area contributed by atoms with Crippen molar-refractivity contribution in [3.8, 4) is 11.8 Å². The SMILES string of the molecule is COc1ccc(/C(Cl)=N/O)cc1C#N. The van der Waals surface area contributed by atoms with Gasteiger partial charge in [0.2, 0.25) is 0 Å². The number of benzene rings is 1. The molecular formula is C9H7ClN2O2. The Kier molecular flexibility index (Phi) is 3.32. The Bertz CT molecular complexity index is 410. The maximum Gasteiger partial charge on any atom is 0.175 e. The summed E-state index contributed by atoms with van der Waals surface area (Å²) in [6, 6.07) is 6.62. The van der Waals surface area contributed by atoms with Crippen LogP contribution < -0.4 is 4.74 Å². The monoisotopic (exact) mass is 210 g/mol. The van der Waals surface area contributed by atoms with E-state index in [9.17, 15) is 0 Å². The molecule has 1 aromatic carbocycles. The first-order valence-corrected chi connectivity index (χ1v) is 4.06. The van der Waals surface area contributed by atoms with Crippen molar-refractivity contribution in [3.63, 3.8) is 0 Å². The molecule has 0 aliphatic carbocycles. The number of nitrogens with zero attached hydrogens (tertiary/aromatic N) is 2. The van der Waals surface area contributed by atoms with E-state index in [1.807, 2.05) is 6.07 Å². The molecule has 0 atom stereocenters. The van der Waals surface area contributed by atoms with E-state index >= 15 is 0 Å². The summed E-state index contributed by atoms with van der Waals surface area (Å²) in [6.45, 7) is 0. The second-order valence-corrected chi connectivity index (χ2v) is 2.78. The molecule has 0 fully saturated rings. The lowest BCUT2D eigenvalue weighted by Crippen LogP contribution is -1.94. The number of nitriles is 1. The highest BCUT2D eigenvalue weighted by Crippen LogP contribution is 2.19. The summed E-state index contributed by atoms with van der Waals surface area (Å²) in [4.78, 5) is 0. The lowest BCUT2D eigenvalue weighted by atomic mass is 10.1. The van der Waals surface area contributed by atoms with E-state index in [-0.39, 0.29) is 5.17 Å². The van der Waals surface area contributed by atoms with Crippen molar-refractivity contribution in [2.75, 3.05) is 7.11 Å². The normalized spacial score (nSPS) is 10.8. The molecule has 0 saturated heterocycles. The van der Waals surface area contributed by atoms with E-state index in [2.05, 4.69) is 5.16 Å². The predicted molar refractivity (Wildman–Crippen MR) is 51.9 cm³/mol. The van der Waals surface area contributed by atoms with Gasteiger partial charge in [0.1, 0.15) is 11.8 Å². The number of hydrogen-bond acceptors (Lipinski definition) is 4. The van der Waals surface area contributed by atoms with E-state index in [1.54, 1.807) is 12.1 Å². The van der Waals surface area contributed by atoms with Gasteiger partial charge in [-0.1, -0.05) is 16.8 Å². The highest BCUT2D eigenvalue weighted by atomic mass is 35.5. The minimum Gasteiger partial charge on any atom is -0.495 e. The van der Waals surface area contributed by atoms with Crippen LogP contribution in [0.15, 0.2) is 23.4 Å². The summed E-state index contributed by atoms with van der Waals surface area (Å²) in [6.07, 6.45) is 0. The van der Waals surface area contributed by atoms with Crippen LogP contribution in [-0.4, -0.2) is 17.5 Å². The van der Waals surface area contributed by atoms with Gasteiger partial charge < -0.3 is 9.94 Å². The number of oxime groups is 1. The number of rotatable bonds is 2. The lowest BCUT2D eigenvalue weighted by Gasteiger charge is -2.03. The average molecular weight is 211 g/mol. The summed E-state index contributed by atoms with van der Waals surface area (Å²) >= 11 is 5.56. The number of hydrogen-bond donors (Lipinski definition) is 1. The van der Waals surface area contributed by atoms with Gasteiger partial charge in [-0.25, -0.2) is 0 Å². The Labute approximate surface area is 86.0 Å². The fraction of sp³-hybridized carbons (Fsp3) is 0.111. The van der Waals surface area contributed by atoms with Gasteiger partial charge >= 0.3 is 0 Å². The average Bonchev–Trinajstić information content (AvgIpc) is 2.26. The zero-order valence-corrected chi connectivity index (χ0v) is 8.12. The van der Waals surface area contributed by atoms with Crippen molar-refractivity contribution in [2.45, 2.75) is 0 Å². The van der Waals surface area contributed by atoms with E-state index in [4.69, 9.17) is 26.8 Å². The fourth-order valence-corrected chi connectivity index (χ4v) is 1.10. The Balaban J connectivity index is 3.22. The predicted octanol–water partition coefficient (Wildman–Crippen LogP) is 1.94. The van der Waals surface area contributed by atoms with E-state index in [1.165, 1.54) is 13.2 Å². The number of ether oxygens (including phenoxy) is 1. The molecule has 0 unspecified atom stereocenters. The first kappa shape index (κ1) is 10.4. The third-order valence-electron chi connectivity index (χ3n) is 1.65. The molecule has 1 N–H and O–H groups in total. The van der Waals surface area contributed by atoms with Crippen LogP contribution in [0.3, 0.4) is 0 Å². The second kappa shape index (κ2) is 4.49. The molecule has 0 amide bonds. The van der Waals surface area contributed by atoms with Gasteiger partial charge in [-0.05, 0) is 18.2 Å². The number of methoxy groups -OCH3 is 1. The van der Waals surface area contributed by atoms with E-state index in [0.717, 1.165) is 0 Å². The molecule has 0 radical (unpaired) electrons. The van der Waals surface area contributed by atoms with Gasteiger partial charge in [0, 0.05) is 5.56 Å². The summed E-state index contributed by atoms with van der Waals surface area (Å²) in [5.74, 6) is 0.457. The van der Waals surface area contributed by atoms with Crippen molar-refractivity contribution in [2.24, 2.45) is 5.16 Å². The first-order chi connectivity index (χ1) is 6.72. The molecule has 0 heterocycles. The van der Waals surface area contributed by atoms with Crippen molar-refractivity contribution in [1.82, 2.24) is 0 Å². The number of halogens is 1. The minimum atomic E-state index is -0.0656. The zero-order chi connectivity index (χ0) is 10.6. The molecule has 72 valence electrons. The summed E-state index contributed by atoms with van der Waals surface area (Å²) in [7, 11) is 1.47. The molecular weight excluding hydrogens is 204 g/mol. The van der Waals surface area contributed by atoms with E-state index in [0.29, 0.717) is 16.9 Å². The van der Waals surface area contributed by atoms with Crippen LogP contribution in [0.5, 0.6) is 5.75 Å². The molecule has 5 heteroatoms. The zero-order valence-electron chi connectivity index (χ0n) is 7.36. The van der Waals surface area contributed by atoms with Gasteiger partial charge in [0.15, 0.2) is 5.17 Å². The standard InChI is InChI=1S/C9H7ClN2O2/c1-14-8-3-2-6(9(10)12-13)4-7(8)5-11/h2-4,13H,1H3/b12-9-. The topological polar surface area (TPSA) is 65.6 Å². The van der Waals surface area contributed by atoms with Crippen molar-refractivity contribution in [1.29, 1.82) is 5.26 Å². The van der Waals surface area contributed by atoms with Crippen LogP contribution in [0, 0.1) is 11.3 Å². The molecule has 0 aliphatic rings. The molecule has 4 nitrogen and oxygen atoms in total. The van der Waals surface area contributed by atoms with Crippen molar-refractivity contribution < 1.29 is 9.94 Å². The smallest absolute Gasteiger partial charge is 0.175 e. The Morgan fingerprint density at radius 1 is 1.64 bits per heavy atom. The van der Waals surface area contributed by atoms with Gasteiger partial charge in [0.05, 0.1) is 12.7 Å². The Morgan fingerprint density at radius 3 is 2.86 bits per heavy atom. The van der Waals surface area contributed by atoms with Crippen LogP contribution in [-0.2, 0) is 0 Å². The van der Waals surface area contributed by atoms with Crippen molar-refractivity contribution >= 4 is 16.8 Å².